The first-order valence-corrected chi connectivity index (χ1v) is 23.4. The van der Waals surface area contributed by atoms with Crippen molar-refractivity contribution in [2.24, 2.45) is 33.7 Å². The number of aliphatic carboxylic acids is 1. The number of aryl methyl sites for hydroxylation is 1. The van der Waals surface area contributed by atoms with E-state index in [0.717, 1.165) is 22.2 Å². The summed E-state index contributed by atoms with van der Waals surface area (Å²) in [7, 11) is 0. The van der Waals surface area contributed by atoms with Gasteiger partial charge in [0.2, 0.25) is 35.4 Å². The Morgan fingerprint density at radius 3 is 2.03 bits per heavy atom. The van der Waals surface area contributed by atoms with Gasteiger partial charge in [0.15, 0.2) is 5.96 Å². The number of nitrogens with one attached hydrogen (secondary N) is 6. The minimum absolute atomic E-state index is 0.0253. The van der Waals surface area contributed by atoms with Gasteiger partial charge in [0.05, 0.1) is 12.5 Å². The molecular weight excluding hydrogens is 899 g/mol. The van der Waals surface area contributed by atoms with Crippen LogP contribution in [0, 0.1) is 6.92 Å². The van der Waals surface area contributed by atoms with Gasteiger partial charge in [-0.1, -0.05) is 60.7 Å². The van der Waals surface area contributed by atoms with Crippen LogP contribution < -0.4 is 60.2 Å². The molecule has 70 heavy (non-hydrogen) atoms. The number of nitrogens with zero attached hydrogens (tertiary/aromatic N) is 2. The maximum absolute atomic E-state index is 14.8. The van der Waals surface area contributed by atoms with E-state index in [1.807, 2.05) is 55.5 Å². The van der Waals surface area contributed by atoms with Crippen LogP contribution in [-0.4, -0.2) is 119 Å². The number of carbonyl (C=O) groups is 7. The average molecular weight is 966 g/mol. The summed E-state index contributed by atoms with van der Waals surface area (Å²) in [6, 6.07) is 17.6. The van der Waals surface area contributed by atoms with Gasteiger partial charge in [-0.05, 0) is 93.3 Å². The molecule has 1 fully saturated rings. The van der Waals surface area contributed by atoms with Crippen LogP contribution in [0.25, 0.3) is 10.9 Å². The zero-order valence-corrected chi connectivity index (χ0v) is 39.5. The fourth-order valence-corrected chi connectivity index (χ4v) is 8.44. The molecule has 1 aliphatic heterocycles. The number of nitrogens with two attached hydrogens (primary N) is 5. The monoisotopic (exact) mass is 966 g/mol. The van der Waals surface area contributed by atoms with E-state index < -0.39 is 83.6 Å². The fourth-order valence-electron chi connectivity index (χ4n) is 8.44. The van der Waals surface area contributed by atoms with Crippen LogP contribution in [0.2, 0.25) is 0 Å². The van der Waals surface area contributed by atoms with Gasteiger partial charge in [-0.3, -0.25) is 38.6 Å². The van der Waals surface area contributed by atoms with Gasteiger partial charge in [0.25, 0.3) is 0 Å². The van der Waals surface area contributed by atoms with E-state index in [0.29, 0.717) is 43.6 Å². The number of unbranched alkanes of at least 4 members (excludes halogenated alkanes) is 1. The van der Waals surface area contributed by atoms with Gasteiger partial charge in [-0.25, -0.2) is 0 Å². The summed E-state index contributed by atoms with van der Waals surface area (Å²) < 4.78 is 0. The number of carbonyl (C=O) groups excluding carboxylic acids is 6. The first-order chi connectivity index (χ1) is 33.5. The van der Waals surface area contributed by atoms with Crippen LogP contribution in [0.5, 0.6) is 0 Å². The van der Waals surface area contributed by atoms with E-state index in [4.69, 9.17) is 28.7 Å². The lowest BCUT2D eigenvalue weighted by Crippen LogP contribution is -2.67. The van der Waals surface area contributed by atoms with E-state index in [1.165, 1.54) is 0 Å². The van der Waals surface area contributed by atoms with Crippen LogP contribution in [-0.2, 0) is 46.4 Å². The van der Waals surface area contributed by atoms with E-state index in [1.54, 1.807) is 36.5 Å². The number of primary amides is 1. The molecule has 6 amide bonds. The average Bonchev–Trinajstić information content (AvgIpc) is 3.74. The van der Waals surface area contributed by atoms with Crippen molar-refractivity contribution in [1.29, 1.82) is 0 Å². The number of aromatic amines is 1. The van der Waals surface area contributed by atoms with Crippen molar-refractivity contribution in [2.75, 3.05) is 31.1 Å². The molecule has 4 aromatic rings. The molecule has 0 unspecified atom stereocenters. The van der Waals surface area contributed by atoms with Crippen molar-refractivity contribution in [3.8, 4) is 0 Å². The number of hydrogen-bond acceptors (Lipinski definition) is 11. The van der Waals surface area contributed by atoms with Crippen molar-refractivity contribution < 1.29 is 38.7 Å². The molecule has 3 aromatic carbocycles. The maximum Gasteiger partial charge on any atom is 0.305 e. The molecule has 0 spiro atoms. The summed E-state index contributed by atoms with van der Waals surface area (Å²) in [5.74, 6) is -6.05. The van der Waals surface area contributed by atoms with Gasteiger partial charge in [0, 0.05) is 55.3 Å². The number of piperidine rings is 1. The van der Waals surface area contributed by atoms with Crippen molar-refractivity contribution >= 4 is 64.0 Å². The Balaban J connectivity index is 1.45. The second-order valence-electron chi connectivity index (χ2n) is 17.7. The molecule has 1 saturated heterocycles. The van der Waals surface area contributed by atoms with Crippen molar-refractivity contribution in [3.63, 3.8) is 0 Å². The largest absolute Gasteiger partial charge is 0.481 e. The molecule has 5 atom stereocenters. The zero-order valence-electron chi connectivity index (χ0n) is 39.5. The third kappa shape index (κ3) is 15.5. The van der Waals surface area contributed by atoms with Gasteiger partial charge in [-0.15, -0.1) is 0 Å². The lowest BCUT2D eigenvalue weighted by molar-refractivity contribution is -0.141. The van der Waals surface area contributed by atoms with Gasteiger partial charge in [-0.2, -0.15) is 0 Å². The number of anilines is 1. The van der Waals surface area contributed by atoms with Crippen LogP contribution in [0.3, 0.4) is 0 Å². The summed E-state index contributed by atoms with van der Waals surface area (Å²) in [5, 5.41) is 24.1. The first-order valence-electron chi connectivity index (χ1n) is 23.4. The van der Waals surface area contributed by atoms with Gasteiger partial charge >= 0.3 is 5.97 Å². The summed E-state index contributed by atoms with van der Waals surface area (Å²) >= 11 is 0. The number of guanidine groups is 1. The van der Waals surface area contributed by atoms with Crippen molar-refractivity contribution in [3.05, 3.63) is 102 Å². The van der Waals surface area contributed by atoms with E-state index in [2.05, 4.69) is 41.5 Å². The standard InChI is InChI=1S/C49H67N13O8/c1-30-11-9-14-33(25-30)62-23-19-49(20-24-62,61-43(66)35(51)28-41(63)64)47(70)60-39(26-31-12-3-2-4-13-31)45(68)58-38(18-10-22-55-48(53)54)44(67)59-40(27-32-29-56-36-16-6-5-15-34(32)36)46(69)57-37(42(52)65)17-7-8-21-50/h2-6,9,11-16,25,29,35,37-40,56H,7-8,10,17-24,26-28,50-51H2,1H3,(H2,52,65)(H,57,69)(H,58,68)(H,59,67)(H,60,70)(H,61,66)(H,63,64)(H4,53,54,55)/t35-,37-,38-,39+,40-/m0/s1. The third-order valence-corrected chi connectivity index (χ3v) is 12.3. The Hall–Kier alpha value is -7.52. The molecule has 1 aliphatic rings. The molecule has 0 aliphatic carbocycles. The highest BCUT2D eigenvalue weighted by molar-refractivity contribution is 5.99. The second-order valence-corrected chi connectivity index (χ2v) is 17.7. The summed E-state index contributed by atoms with van der Waals surface area (Å²) in [6.07, 6.45) is 2.57. The number of carboxylic acid groups (broad SMARTS) is 1. The Morgan fingerprint density at radius 1 is 0.743 bits per heavy atom. The molecule has 5 rings (SSSR count). The van der Waals surface area contributed by atoms with Gasteiger partial charge in [0.1, 0.15) is 29.7 Å². The Bertz CT molecular complexity index is 2470. The molecule has 1 aromatic heterocycles. The number of benzene rings is 3. The summed E-state index contributed by atoms with van der Waals surface area (Å²) in [5.41, 5.74) is 31.0. The number of para-hydroxylation sites is 1. The number of amides is 6. The third-order valence-electron chi connectivity index (χ3n) is 12.3. The number of carboxylic acids is 1. The summed E-state index contributed by atoms with van der Waals surface area (Å²) in [4.78, 5) is 105. The van der Waals surface area contributed by atoms with Crippen LogP contribution >= 0.6 is 0 Å². The number of H-pyrrole nitrogens is 1. The highest BCUT2D eigenvalue weighted by Gasteiger charge is 2.45. The molecule has 0 bridgehead atoms. The number of rotatable bonds is 26. The highest BCUT2D eigenvalue weighted by Crippen LogP contribution is 2.28. The first kappa shape index (κ1) is 53.4. The van der Waals surface area contributed by atoms with E-state index in [9.17, 15) is 38.7 Å². The fraction of sp³-hybridized carbons (Fsp3) is 0.429. The zero-order chi connectivity index (χ0) is 50.8. The minimum atomic E-state index is -1.63. The van der Waals surface area contributed by atoms with Crippen molar-refractivity contribution in [1.82, 2.24) is 31.6 Å². The SMILES string of the molecule is Cc1cccc(N2CCC(NC(=O)[C@@H](N)CC(=O)O)(C(=O)N[C@H](Cc3ccccc3)C(=O)N[C@@H](CCCN=C(N)N)C(=O)N[C@@H](Cc3c[nH]c4ccccc34)C(=O)N[C@@H](CCCCN)C(N)=O)CC2)c1. The predicted molar refractivity (Wildman–Crippen MR) is 266 cm³/mol. The number of fused-ring (bicyclic) bond motifs is 1. The lowest BCUT2D eigenvalue weighted by Gasteiger charge is -2.43. The maximum atomic E-state index is 14.8. The number of aromatic nitrogens is 1. The molecule has 0 saturated carbocycles. The highest BCUT2D eigenvalue weighted by atomic mass is 16.4. The van der Waals surface area contributed by atoms with Crippen LogP contribution in [0.15, 0.2) is 90.1 Å². The Morgan fingerprint density at radius 2 is 1.37 bits per heavy atom. The molecule has 21 heteroatoms. The lowest BCUT2D eigenvalue weighted by atomic mass is 9.85. The second kappa shape index (κ2) is 25.7. The molecule has 21 nitrogen and oxygen atoms in total. The molecule has 0 radical (unpaired) electrons. The van der Waals surface area contributed by atoms with Crippen LogP contribution in [0.4, 0.5) is 5.69 Å². The normalized spacial score (nSPS) is 15.3. The molecule has 17 N–H and O–H groups in total. The smallest absolute Gasteiger partial charge is 0.305 e. The summed E-state index contributed by atoms with van der Waals surface area (Å²) in [6.45, 7) is 3.03. The Kier molecular flexibility index (Phi) is 19.6. The van der Waals surface area contributed by atoms with Gasteiger partial charge < -0.3 is 70.2 Å². The quantitative estimate of drug-likeness (QED) is 0.0221. The molecule has 376 valence electrons. The topological polar surface area (TPSA) is 361 Å². The van der Waals surface area contributed by atoms with Crippen LogP contribution in [0.1, 0.15) is 68.1 Å². The number of aliphatic imine (C=N–C) groups is 1. The predicted octanol–water partition coefficient (Wildman–Crippen LogP) is -0.174. The number of hydrogen-bond donors (Lipinski definition) is 12. The van der Waals surface area contributed by atoms with E-state index in [-0.39, 0.29) is 57.5 Å². The van der Waals surface area contributed by atoms with E-state index >= 15 is 0 Å². The Labute approximate surface area is 406 Å². The minimum Gasteiger partial charge on any atom is -0.481 e. The molecule has 2 heterocycles. The molecular formula is C49H67N13O8. The van der Waals surface area contributed by atoms with Crippen molar-refractivity contribution in [2.45, 2.75) is 107 Å².